The van der Waals surface area contributed by atoms with Gasteiger partial charge in [0, 0.05) is 24.6 Å². The molecule has 0 spiro atoms. The number of oxime groups is 1. The number of ether oxygens (including phenoxy) is 1. The summed E-state index contributed by atoms with van der Waals surface area (Å²) in [6.07, 6.45) is 4.38. The summed E-state index contributed by atoms with van der Waals surface area (Å²) >= 11 is 0. The molecule has 2 aliphatic heterocycles. The molecule has 1 aromatic rings. The first-order chi connectivity index (χ1) is 11.2. The average molecular weight is 316 g/mol. The van der Waals surface area contributed by atoms with Crippen molar-refractivity contribution in [3.63, 3.8) is 0 Å². The molecule has 0 aliphatic carbocycles. The third-order valence-corrected chi connectivity index (χ3v) is 4.74. The number of hydrogen-bond donors (Lipinski definition) is 0. The second kappa shape index (κ2) is 7.02. The molecule has 5 heteroatoms. The smallest absolute Gasteiger partial charge is 0.267 e. The first-order valence-electron chi connectivity index (χ1n) is 8.41. The normalized spacial score (nSPS) is 24.1. The fourth-order valence-corrected chi connectivity index (χ4v) is 3.45. The van der Waals surface area contributed by atoms with E-state index in [1.165, 1.54) is 6.42 Å². The van der Waals surface area contributed by atoms with Crippen molar-refractivity contribution in [3.8, 4) is 5.75 Å². The van der Waals surface area contributed by atoms with E-state index in [0.717, 1.165) is 42.8 Å². The van der Waals surface area contributed by atoms with Crippen LogP contribution in [0.3, 0.4) is 0 Å². The fraction of sp³-hybridized carbons (Fsp3) is 0.556. The van der Waals surface area contributed by atoms with Crippen molar-refractivity contribution >= 4 is 11.6 Å². The predicted molar refractivity (Wildman–Crippen MR) is 88.7 cm³/mol. The van der Waals surface area contributed by atoms with Crippen molar-refractivity contribution in [1.82, 2.24) is 4.90 Å². The summed E-state index contributed by atoms with van der Waals surface area (Å²) in [6.45, 7) is 2.98. The Bertz CT molecular complexity index is 600. The van der Waals surface area contributed by atoms with E-state index < -0.39 is 6.10 Å². The van der Waals surface area contributed by atoms with E-state index >= 15 is 0 Å². The summed E-state index contributed by atoms with van der Waals surface area (Å²) in [5.74, 6) is 0.831. The molecule has 1 fully saturated rings. The number of nitrogens with zero attached hydrogens (tertiary/aromatic N) is 2. The van der Waals surface area contributed by atoms with E-state index in [1.54, 1.807) is 7.11 Å². The number of methoxy groups -OCH3 is 1. The topological polar surface area (TPSA) is 51.1 Å². The van der Waals surface area contributed by atoms with E-state index in [-0.39, 0.29) is 5.91 Å². The van der Waals surface area contributed by atoms with Crippen molar-refractivity contribution in [3.05, 3.63) is 29.8 Å². The molecule has 23 heavy (non-hydrogen) atoms. The molecular formula is C18H24N2O3. The van der Waals surface area contributed by atoms with Crippen LogP contribution in [0, 0.1) is 0 Å². The van der Waals surface area contributed by atoms with E-state index in [1.807, 2.05) is 29.2 Å². The maximum Gasteiger partial charge on any atom is 0.267 e. The van der Waals surface area contributed by atoms with Gasteiger partial charge in [-0.3, -0.25) is 4.79 Å². The highest BCUT2D eigenvalue weighted by Gasteiger charge is 2.36. The van der Waals surface area contributed by atoms with Crippen LogP contribution < -0.4 is 4.74 Å². The standard InChI is InChI=1S/C18H24N2O3/c1-3-13-8-6-7-11-20(13)18(21)17-12-15(19-23-17)14-9-4-5-10-16(14)22-2/h4-5,9-10,13,17H,3,6-8,11-12H2,1-2H3/t13-,17+/m1/s1. The largest absolute Gasteiger partial charge is 0.496 e. The lowest BCUT2D eigenvalue weighted by Gasteiger charge is -2.36. The monoisotopic (exact) mass is 316 g/mol. The number of carbonyl (C=O) groups excluding carboxylic acids is 1. The number of hydrogen-bond acceptors (Lipinski definition) is 4. The molecule has 0 radical (unpaired) electrons. The Morgan fingerprint density at radius 1 is 1.39 bits per heavy atom. The van der Waals surface area contributed by atoms with Gasteiger partial charge in [-0.2, -0.15) is 0 Å². The summed E-state index contributed by atoms with van der Waals surface area (Å²) in [5, 5.41) is 4.15. The average Bonchev–Trinajstić information content (AvgIpc) is 3.11. The van der Waals surface area contributed by atoms with Gasteiger partial charge in [0.25, 0.3) is 5.91 Å². The van der Waals surface area contributed by atoms with Crippen LogP contribution in [0.2, 0.25) is 0 Å². The Morgan fingerprint density at radius 2 is 2.22 bits per heavy atom. The van der Waals surface area contributed by atoms with Crippen LogP contribution in [0.25, 0.3) is 0 Å². The van der Waals surface area contributed by atoms with Crippen LogP contribution in [0.5, 0.6) is 5.75 Å². The molecular weight excluding hydrogens is 292 g/mol. The molecule has 0 unspecified atom stereocenters. The Hall–Kier alpha value is -2.04. The highest BCUT2D eigenvalue weighted by Crippen LogP contribution is 2.27. The SMILES string of the molecule is CC[C@@H]1CCCCN1C(=O)[C@@H]1CC(c2ccccc2OC)=NO1. The summed E-state index contributed by atoms with van der Waals surface area (Å²) in [7, 11) is 1.64. The number of amides is 1. The van der Waals surface area contributed by atoms with Crippen molar-refractivity contribution in [2.24, 2.45) is 5.16 Å². The van der Waals surface area contributed by atoms with Crippen molar-refractivity contribution in [2.75, 3.05) is 13.7 Å². The number of benzene rings is 1. The molecule has 2 aliphatic rings. The molecule has 3 rings (SSSR count). The minimum Gasteiger partial charge on any atom is -0.496 e. The third-order valence-electron chi connectivity index (χ3n) is 4.74. The molecule has 2 atom stereocenters. The summed E-state index contributed by atoms with van der Waals surface area (Å²) in [6, 6.07) is 8.04. The van der Waals surface area contributed by atoms with Crippen LogP contribution in [-0.2, 0) is 9.63 Å². The zero-order valence-electron chi connectivity index (χ0n) is 13.8. The minimum atomic E-state index is -0.498. The van der Waals surface area contributed by atoms with Gasteiger partial charge in [-0.25, -0.2) is 0 Å². The lowest BCUT2D eigenvalue weighted by Crippen LogP contribution is -2.48. The molecule has 2 heterocycles. The van der Waals surface area contributed by atoms with E-state index in [4.69, 9.17) is 9.57 Å². The van der Waals surface area contributed by atoms with Gasteiger partial charge in [0.2, 0.25) is 6.10 Å². The second-order valence-electron chi connectivity index (χ2n) is 6.13. The Kier molecular flexibility index (Phi) is 4.84. The predicted octanol–water partition coefficient (Wildman–Crippen LogP) is 2.98. The molecule has 1 amide bonds. The molecule has 1 saturated heterocycles. The van der Waals surface area contributed by atoms with Crippen LogP contribution in [0.1, 0.15) is 44.6 Å². The fourth-order valence-electron chi connectivity index (χ4n) is 3.45. The zero-order chi connectivity index (χ0) is 16.2. The number of piperidine rings is 1. The van der Waals surface area contributed by atoms with Gasteiger partial charge in [-0.1, -0.05) is 24.2 Å². The van der Waals surface area contributed by atoms with Gasteiger partial charge in [0.05, 0.1) is 12.8 Å². The zero-order valence-corrected chi connectivity index (χ0v) is 13.8. The van der Waals surface area contributed by atoms with Crippen LogP contribution in [-0.4, -0.2) is 42.3 Å². The Morgan fingerprint density at radius 3 is 3.00 bits per heavy atom. The van der Waals surface area contributed by atoms with Gasteiger partial charge in [0.15, 0.2) is 0 Å². The Labute approximate surface area is 137 Å². The van der Waals surface area contributed by atoms with E-state index in [2.05, 4.69) is 12.1 Å². The number of para-hydroxylation sites is 1. The molecule has 124 valence electrons. The summed E-state index contributed by atoms with van der Waals surface area (Å²) in [4.78, 5) is 20.3. The molecule has 1 aromatic carbocycles. The van der Waals surface area contributed by atoms with Crippen LogP contribution in [0.15, 0.2) is 29.4 Å². The first-order valence-corrected chi connectivity index (χ1v) is 8.41. The number of carbonyl (C=O) groups is 1. The minimum absolute atomic E-state index is 0.0743. The molecule has 0 N–H and O–H groups in total. The summed E-state index contributed by atoms with van der Waals surface area (Å²) < 4.78 is 5.37. The number of likely N-dealkylation sites (tertiary alicyclic amines) is 1. The summed E-state index contributed by atoms with van der Waals surface area (Å²) in [5.41, 5.74) is 1.68. The van der Waals surface area contributed by atoms with Crippen molar-refractivity contribution in [2.45, 2.75) is 51.2 Å². The molecule has 0 aromatic heterocycles. The van der Waals surface area contributed by atoms with Gasteiger partial charge < -0.3 is 14.5 Å². The first kappa shape index (κ1) is 15.8. The van der Waals surface area contributed by atoms with Crippen LogP contribution in [0.4, 0.5) is 0 Å². The maximum absolute atomic E-state index is 12.8. The third kappa shape index (κ3) is 3.19. The Balaban J connectivity index is 1.70. The molecule has 5 nitrogen and oxygen atoms in total. The van der Waals surface area contributed by atoms with Crippen molar-refractivity contribution in [1.29, 1.82) is 0 Å². The highest BCUT2D eigenvalue weighted by molar-refractivity contribution is 6.05. The second-order valence-corrected chi connectivity index (χ2v) is 6.13. The molecule has 0 bridgehead atoms. The van der Waals surface area contributed by atoms with Gasteiger partial charge in [-0.05, 0) is 37.8 Å². The number of rotatable bonds is 4. The van der Waals surface area contributed by atoms with Gasteiger partial charge >= 0.3 is 0 Å². The van der Waals surface area contributed by atoms with Gasteiger partial charge in [0.1, 0.15) is 5.75 Å². The highest BCUT2D eigenvalue weighted by atomic mass is 16.6. The van der Waals surface area contributed by atoms with Crippen LogP contribution >= 0.6 is 0 Å². The lowest BCUT2D eigenvalue weighted by atomic mass is 9.98. The maximum atomic E-state index is 12.8. The van der Waals surface area contributed by atoms with Gasteiger partial charge in [-0.15, -0.1) is 0 Å². The quantitative estimate of drug-likeness (QED) is 0.858. The van der Waals surface area contributed by atoms with E-state index in [9.17, 15) is 4.79 Å². The lowest BCUT2D eigenvalue weighted by molar-refractivity contribution is -0.146. The van der Waals surface area contributed by atoms with E-state index in [0.29, 0.717) is 12.5 Å². The van der Waals surface area contributed by atoms with Crippen molar-refractivity contribution < 1.29 is 14.4 Å². The molecule has 0 saturated carbocycles.